The Kier molecular flexibility index (Phi) is 4.44. The number of piperidine rings is 1. The molecule has 5 saturated carbocycles. The van der Waals surface area contributed by atoms with Gasteiger partial charge < -0.3 is 16.0 Å². The van der Waals surface area contributed by atoms with Crippen LogP contribution in [0.15, 0.2) is 30.3 Å². The van der Waals surface area contributed by atoms with E-state index >= 15 is 0 Å². The fourth-order valence-electron chi connectivity index (χ4n) is 8.14. The number of amides is 1. The number of rotatable bonds is 5. The second-order valence-corrected chi connectivity index (χ2v) is 12.4. The van der Waals surface area contributed by atoms with Crippen molar-refractivity contribution in [1.29, 1.82) is 0 Å². The predicted molar refractivity (Wildman–Crippen MR) is 123 cm³/mol. The zero-order chi connectivity index (χ0) is 21.4. The first kappa shape index (κ1) is 20.2. The fourth-order valence-corrected chi connectivity index (χ4v) is 8.14. The maximum absolute atomic E-state index is 14.3. The van der Waals surface area contributed by atoms with Crippen molar-refractivity contribution in [2.24, 2.45) is 34.3 Å². The molecule has 31 heavy (non-hydrogen) atoms. The zero-order valence-electron chi connectivity index (χ0n) is 19.3. The molecule has 0 aromatic heterocycles. The van der Waals surface area contributed by atoms with Gasteiger partial charge >= 0.3 is 0 Å². The van der Waals surface area contributed by atoms with E-state index in [1.807, 2.05) is 0 Å². The van der Waals surface area contributed by atoms with Gasteiger partial charge in [0, 0.05) is 25.2 Å². The van der Waals surface area contributed by atoms with Crippen molar-refractivity contribution in [3.8, 4) is 0 Å². The van der Waals surface area contributed by atoms with Crippen LogP contribution in [0.2, 0.25) is 0 Å². The lowest BCUT2D eigenvalue weighted by atomic mass is 9.62. The Balaban J connectivity index is 1.32. The first-order valence-corrected chi connectivity index (χ1v) is 12.7. The Bertz CT molecular complexity index is 864. The number of benzene rings is 1. The average molecular weight is 422 g/mol. The Labute approximate surface area is 187 Å². The maximum atomic E-state index is 14.3. The smallest absolute Gasteiger partial charge is 0.229 e. The van der Waals surface area contributed by atoms with Crippen molar-refractivity contribution >= 4 is 5.91 Å². The summed E-state index contributed by atoms with van der Waals surface area (Å²) in [5.74, 6) is 2.46. The van der Waals surface area contributed by atoms with Crippen molar-refractivity contribution in [2.75, 3.05) is 19.6 Å². The summed E-state index contributed by atoms with van der Waals surface area (Å²) in [4.78, 5) is 16.5. The minimum Gasteiger partial charge on any atom is -0.342 e. The molecule has 168 valence electrons. The van der Waals surface area contributed by atoms with Crippen LogP contribution in [0, 0.1) is 28.6 Å². The minimum atomic E-state index is -0.169. The van der Waals surface area contributed by atoms with Gasteiger partial charge in [0.15, 0.2) is 0 Å². The summed E-state index contributed by atoms with van der Waals surface area (Å²) in [6.45, 7) is 7.27. The van der Waals surface area contributed by atoms with E-state index in [2.05, 4.69) is 54.4 Å². The van der Waals surface area contributed by atoms with E-state index in [1.54, 1.807) is 0 Å². The van der Waals surface area contributed by atoms with Crippen LogP contribution in [0.3, 0.4) is 0 Å². The summed E-state index contributed by atoms with van der Waals surface area (Å²) >= 11 is 0. The molecule has 6 atom stereocenters. The molecule has 4 heteroatoms. The number of carbonyl (C=O) groups is 1. The van der Waals surface area contributed by atoms with Crippen LogP contribution in [0.5, 0.6) is 0 Å². The molecule has 4 bridgehead atoms. The van der Waals surface area contributed by atoms with Gasteiger partial charge in [0.25, 0.3) is 0 Å². The van der Waals surface area contributed by atoms with Crippen molar-refractivity contribution < 1.29 is 4.79 Å². The highest BCUT2D eigenvalue weighted by Crippen LogP contribution is 2.71. The van der Waals surface area contributed by atoms with Crippen molar-refractivity contribution in [3.63, 3.8) is 0 Å². The van der Waals surface area contributed by atoms with Crippen molar-refractivity contribution in [2.45, 2.75) is 76.3 Å². The van der Waals surface area contributed by atoms with Gasteiger partial charge in [-0.2, -0.15) is 0 Å². The number of nitrogens with zero attached hydrogens (tertiary/aromatic N) is 1. The molecular weight excluding hydrogens is 382 g/mol. The molecule has 6 fully saturated rings. The molecule has 1 aromatic carbocycles. The third-order valence-corrected chi connectivity index (χ3v) is 9.95. The van der Waals surface area contributed by atoms with E-state index in [4.69, 9.17) is 5.73 Å². The molecule has 1 amide bonds. The lowest BCUT2D eigenvalue weighted by Crippen LogP contribution is -2.57. The third-order valence-electron chi connectivity index (χ3n) is 9.95. The third kappa shape index (κ3) is 3.04. The summed E-state index contributed by atoms with van der Waals surface area (Å²) < 4.78 is 0. The standard InChI is InChI=1S/C27H39N3O/c1-25(2)17-30(11-10-22(25)28)24(31)27-13-19-12-26(16-27,20-6-4-3-5-7-20)14-21(27)23(19)29-15-18-8-9-18/h3-7,18-19,21-23,29H,8-17,28H2,1-2H3/t19?,21?,22-,23?,26?,27?/m0/s1. The van der Waals surface area contributed by atoms with Crippen LogP contribution in [-0.4, -0.2) is 42.5 Å². The van der Waals surface area contributed by atoms with Crippen molar-refractivity contribution in [3.05, 3.63) is 35.9 Å². The fraction of sp³-hybridized carbons (Fsp3) is 0.741. The molecule has 1 aromatic rings. The number of likely N-dealkylation sites (tertiary alicyclic amines) is 1. The van der Waals surface area contributed by atoms with E-state index in [1.165, 1.54) is 31.2 Å². The van der Waals surface area contributed by atoms with Gasteiger partial charge in [-0.1, -0.05) is 44.2 Å². The molecule has 6 aliphatic rings. The number of nitrogens with two attached hydrogens (primary N) is 1. The van der Waals surface area contributed by atoms with Crippen molar-refractivity contribution in [1.82, 2.24) is 10.2 Å². The molecule has 7 rings (SSSR count). The van der Waals surface area contributed by atoms with Crippen LogP contribution >= 0.6 is 0 Å². The van der Waals surface area contributed by atoms with Crippen LogP contribution in [-0.2, 0) is 10.2 Å². The number of carbonyl (C=O) groups excluding carboxylic acids is 1. The summed E-state index contributed by atoms with van der Waals surface area (Å²) in [7, 11) is 0. The van der Waals surface area contributed by atoms with Gasteiger partial charge in [-0.25, -0.2) is 0 Å². The van der Waals surface area contributed by atoms with Gasteiger partial charge in [-0.3, -0.25) is 4.79 Å². The quantitative estimate of drug-likeness (QED) is 0.762. The predicted octanol–water partition coefficient (Wildman–Crippen LogP) is 3.70. The second kappa shape index (κ2) is 6.81. The molecule has 0 radical (unpaired) electrons. The van der Waals surface area contributed by atoms with Crippen LogP contribution < -0.4 is 11.1 Å². The highest BCUT2D eigenvalue weighted by molar-refractivity contribution is 5.85. The first-order valence-electron chi connectivity index (χ1n) is 12.7. The Hall–Kier alpha value is -1.39. The summed E-state index contributed by atoms with van der Waals surface area (Å²) in [5, 5.41) is 3.99. The summed E-state index contributed by atoms with van der Waals surface area (Å²) in [6, 6.07) is 11.9. The monoisotopic (exact) mass is 421 g/mol. The lowest BCUT2D eigenvalue weighted by Gasteiger charge is -2.47. The number of hydrogen-bond donors (Lipinski definition) is 2. The van der Waals surface area contributed by atoms with E-state index in [0.29, 0.717) is 23.8 Å². The molecule has 5 aliphatic carbocycles. The summed E-state index contributed by atoms with van der Waals surface area (Å²) in [5.41, 5.74) is 7.91. The second-order valence-electron chi connectivity index (χ2n) is 12.4. The summed E-state index contributed by atoms with van der Waals surface area (Å²) in [6.07, 6.45) is 8.27. The topological polar surface area (TPSA) is 58.4 Å². The van der Waals surface area contributed by atoms with E-state index < -0.39 is 0 Å². The molecule has 5 unspecified atom stereocenters. The van der Waals surface area contributed by atoms with Gasteiger partial charge in [0.05, 0.1) is 5.41 Å². The Morgan fingerprint density at radius 1 is 1.13 bits per heavy atom. The van der Waals surface area contributed by atoms with E-state index in [0.717, 1.165) is 44.8 Å². The maximum Gasteiger partial charge on any atom is 0.229 e. The van der Waals surface area contributed by atoms with Crippen LogP contribution in [0.25, 0.3) is 0 Å². The Morgan fingerprint density at radius 2 is 1.90 bits per heavy atom. The van der Waals surface area contributed by atoms with E-state index in [-0.39, 0.29) is 22.3 Å². The first-order chi connectivity index (χ1) is 14.8. The van der Waals surface area contributed by atoms with Gasteiger partial charge in [-0.15, -0.1) is 0 Å². The molecule has 3 N–H and O–H groups in total. The molecule has 1 heterocycles. The lowest BCUT2D eigenvalue weighted by molar-refractivity contribution is -0.148. The normalized spacial score (nSPS) is 42.9. The molecule has 1 aliphatic heterocycles. The molecule has 4 nitrogen and oxygen atoms in total. The highest BCUT2D eigenvalue weighted by Gasteiger charge is 2.71. The van der Waals surface area contributed by atoms with Crippen LogP contribution in [0.4, 0.5) is 0 Å². The molecule has 0 spiro atoms. The zero-order valence-corrected chi connectivity index (χ0v) is 19.3. The number of hydrogen-bond acceptors (Lipinski definition) is 3. The van der Waals surface area contributed by atoms with Gasteiger partial charge in [0.1, 0.15) is 0 Å². The SMILES string of the molecule is CC1(C)CN(C(=O)C23CC4CC(c5ccccc5)(CC2C4NCC2CC2)C3)CC[C@@H]1N. The van der Waals surface area contributed by atoms with E-state index in [9.17, 15) is 4.79 Å². The molecule has 1 saturated heterocycles. The molecular formula is C27H39N3O. The Morgan fingerprint density at radius 3 is 2.61 bits per heavy atom. The van der Waals surface area contributed by atoms with Gasteiger partial charge in [-0.05, 0) is 85.6 Å². The minimum absolute atomic E-state index is 0.000909. The highest BCUT2D eigenvalue weighted by atomic mass is 16.2. The van der Waals surface area contributed by atoms with Gasteiger partial charge in [0.2, 0.25) is 5.91 Å². The number of nitrogens with one attached hydrogen (secondary N) is 1. The average Bonchev–Trinajstić information content (AvgIpc) is 3.52. The largest absolute Gasteiger partial charge is 0.342 e. The van der Waals surface area contributed by atoms with Crippen LogP contribution in [0.1, 0.15) is 64.4 Å².